The lowest BCUT2D eigenvalue weighted by Gasteiger charge is -2.05. The predicted molar refractivity (Wildman–Crippen MR) is 92.9 cm³/mol. The molecule has 0 radical (unpaired) electrons. The van der Waals surface area contributed by atoms with Crippen LogP contribution in [0.1, 0.15) is 17.9 Å². The Hall–Kier alpha value is -3.08. The molecule has 0 aliphatic heterocycles. The highest BCUT2D eigenvalue weighted by Crippen LogP contribution is 2.14. The van der Waals surface area contributed by atoms with E-state index in [4.69, 9.17) is 4.98 Å². The van der Waals surface area contributed by atoms with E-state index in [0.717, 1.165) is 42.0 Å². The maximum atomic E-state index is 4.72. The van der Waals surface area contributed by atoms with Crippen molar-refractivity contribution in [2.75, 3.05) is 0 Å². The Morgan fingerprint density at radius 1 is 0.792 bits per heavy atom. The molecule has 5 heteroatoms. The number of tetrazole rings is 1. The van der Waals surface area contributed by atoms with Gasteiger partial charge in [-0.3, -0.25) is 4.98 Å². The van der Waals surface area contributed by atoms with E-state index in [1.54, 1.807) is 4.68 Å². The molecule has 2 heterocycles. The second-order valence-electron chi connectivity index (χ2n) is 5.69. The van der Waals surface area contributed by atoms with Crippen LogP contribution in [0.15, 0.2) is 66.7 Å². The monoisotopic (exact) mass is 315 g/mol. The van der Waals surface area contributed by atoms with Crippen molar-refractivity contribution in [3.05, 3.63) is 78.2 Å². The first-order valence-corrected chi connectivity index (χ1v) is 8.07. The van der Waals surface area contributed by atoms with Crippen LogP contribution in [0.2, 0.25) is 0 Å². The molecule has 0 atom stereocenters. The topological polar surface area (TPSA) is 56.5 Å². The Kier molecular flexibility index (Phi) is 3.98. The van der Waals surface area contributed by atoms with E-state index in [9.17, 15) is 0 Å². The van der Waals surface area contributed by atoms with Gasteiger partial charge >= 0.3 is 0 Å². The molecule has 0 N–H and O–H groups in total. The van der Waals surface area contributed by atoms with Crippen molar-refractivity contribution in [2.45, 2.75) is 19.3 Å². The Morgan fingerprint density at radius 3 is 2.54 bits per heavy atom. The zero-order chi connectivity index (χ0) is 16.2. The molecule has 24 heavy (non-hydrogen) atoms. The van der Waals surface area contributed by atoms with Gasteiger partial charge in [0.2, 0.25) is 0 Å². The lowest BCUT2D eigenvalue weighted by molar-refractivity contribution is 0.715. The number of aryl methyl sites for hydroxylation is 2. The normalized spacial score (nSPS) is 11.0. The summed E-state index contributed by atoms with van der Waals surface area (Å²) < 4.78 is 1.80. The summed E-state index contributed by atoms with van der Waals surface area (Å²) in [5.74, 6) is 0.877. The lowest BCUT2D eigenvalue weighted by Crippen LogP contribution is -2.04. The van der Waals surface area contributed by atoms with Crippen molar-refractivity contribution in [3.63, 3.8) is 0 Å². The molecule has 0 fully saturated rings. The highest BCUT2D eigenvalue weighted by molar-refractivity contribution is 5.78. The van der Waals surface area contributed by atoms with Gasteiger partial charge in [0.25, 0.3) is 0 Å². The first-order valence-electron chi connectivity index (χ1n) is 8.07. The third-order valence-corrected chi connectivity index (χ3v) is 4.02. The molecule has 4 aromatic rings. The molecule has 0 aliphatic rings. The fourth-order valence-electron chi connectivity index (χ4n) is 2.81. The van der Waals surface area contributed by atoms with Gasteiger partial charge in [-0.25, -0.2) is 0 Å². The first kappa shape index (κ1) is 14.5. The molecule has 5 nitrogen and oxygen atoms in total. The number of para-hydroxylation sites is 2. The van der Waals surface area contributed by atoms with E-state index in [2.05, 4.69) is 39.8 Å². The maximum absolute atomic E-state index is 4.72. The molecule has 2 aromatic carbocycles. The van der Waals surface area contributed by atoms with Crippen molar-refractivity contribution in [3.8, 4) is 5.69 Å². The fourth-order valence-corrected chi connectivity index (χ4v) is 2.81. The van der Waals surface area contributed by atoms with Crippen molar-refractivity contribution in [2.24, 2.45) is 0 Å². The fraction of sp³-hybridized carbons (Fsp3) is 0.158. The minimum Gasteiger partial charge on any atom is -0.253 e. The maximum Gasteiger partial charge on any atom is 0.156 e. The van der Waals surface area contributed by atoms with Gasteiger partial charge in [-0.2, -0.15) is 4.68 Å². The molecule has 0 aliphatic carbocycles. The standard InChI is InChI=1S/C19H17N5/c1-2-9-17(10-3-1)24-19(21-22-23-24)12-6-8-16-14-13-15-7-4-5-11-18(15)20-16/h1-5,7,9-11,13-14H,6,8,12H2. The third-order valence-electron chi connectivity index (χ3n) is 4.02. The van der Waals surface area contributed by atoms with Gasteiger partial charge < -0.3 is 0 Å². The van der Waals surface area contributed by atoms with Gasteiger partial charge in [0.05, 0.1) is 11.2 Å². The van der Waals surface area contributed by atoms with Crippen molar-refractivity contribution in [1.82, 2.24) is 25.2 Å². The van der Waals surface area contributed by atoms with E-state index >= 15 is 0 Å². The highest BCUT2D eigenvalue weighted by Gasteiger charge is 2.08. The Bertz CT molecular complexity index is 946. The SMILES string of the molecule is c1ccc(-n2nnnc2CCCc2ccc3ccccc3n2)cc1. The number of pyridine rings is 1. The summed E-state index contributed by atoms with van der Waals surface area (Å²) in [6.45, 7) is 0. The minimum atomic E-state index is 0.816. The van der Waals surface area contributed by atoms with Crippen LogP contribution in [-0.2, 0) is 12.8 Å². The van der Waals surface area contributed by atoms with Crippen LogP contribution in [0, 0.1) is 0 Å². The summed E-state index contributed by atoms with van der Waals surface area (Å²) in [6, 6.07) is 22.4. The smallest absolute Gasteiger partial charge is 0.156 e. The van der Waals surface area contributed by atoms with Crippen LogP contribution < -0.4 is 0 Å². The first-order chi connectivity index (χ1) is 11.9. The number of rotatable bonds is 5. The zero-order valence-electron chi connectivity index (χ0n) is 13.2. The second-order valence-corrected chi connectivity index (χ2v) is 5.69. The van der Waals surface area contributed by atoms with Gasteiger partial charge in [0.1, 0.15) is 0 Å². The Morgan fingerprint density at radius 2 is 1.62 bits per heavy atom. The van der Waals surface area contributed by atoms with E-state index in [0.29, 0.717) is 0 Å². The van der Waals surface area contributed by atoms with Gasteiger partial charge in [-0.15, -0.1) is 5.10 Å². The Balaban J connectivity index is 1.45. The van der Waals surface area contributed by atoms with E-state index < -0.39 is 0 Å². The lowest BCUT2D eigenvalue weighted by atomic mass is 10.1. The van der Waals surface area contributed by atoms with E-state index in [-0.39, 0.29) is 0 Å². The number of fused-ring (bicyclic) bond motifs is 1. The van der Waals surface area contributed by atoms with Crippen LogP contribution in [0.25, 0.3) is 16.6 Å². The van der Waals surface area contributed by atoms with Gasteiger partial charge in [-0.05, 0) is 47.5 Å². The molecule has 4 rings (SSSR count). The van der Waals surface area contributed by atoms with Crippen LogP contribution in [-0.4, -0.2) is 25.2 Å². The van der Waals surface area contributed by atoms with Crippen molar-refractivity contribution >= 4 is 10.9 Å². The van der Waals surface area contributed by atoms with Crippen LogP contribution in [0.5, 0.6) is 0 Å². The number of nitrogens with zero attached hydrogens (tertiary/aromatic N) is 5. The minimum absolute atomic E-state index is 0.816. The van der Waals surface area contributed by atoms with Crippen LogP contribution in [0.3, 0.4) is 0 Å². The number of benzene rings is 2. The van der Waals surface area contributed by atoms with E-state index in [1.165, 1.54) is 5.39 Å². The van der Waals surface area contributed by atoms with Gasteiger partial charge in [0, 0.05) is 17.5 Å². The summed E-state index contributed by atoms with van der Waals surface area (Å²) in [6.07, 6.45) is 2.68. The van der Waals surface area contributed by atoms with Crippen molar-refractivity contribution < 1.29 is 0 Å². The molecule has 0 saturated heterocycles. The van der Waals surface area contributed by atoms with Gasteiger partial charge in [0.15, 0.2) is 5.82 Å². The largest absolute Gasteiger partial charge is 0.253 e. The molecule has 0 bridgehead atoms. The van der Waals surface area contributed by atoms with E-state index in [1.807, 2.05) is 42.5 Å². The molecular weight excluding hydrogens is 298 g/mol. The summed E-state index contributed by atoms with van der Waals surface area (Å²) >= 11 is 0. The Labute approximate surface area is 140 Å². The van der Waals surface area contributed by atoms with Crippen LogP contribution >= 0.6 is 0 Å². The summed E-state index contributed by atoms with van der Waals surface area (Å²) in [5.41, 5.74) is 3.14. The second kappa shape index (κ2) is 6.58. The molecular formula is C19H17N5. The average Bonchev–Trinajstić information content (AvgIpc) is 3.11. The summed E-state index contributed by atoms with van der Waals surface area (Å²) in [5, 5.41) is 13.2. The summed E-state index contributed by atoms with van der Waals surface area (Å²) in [7, 11) is 0. The van der Waals surface area contributed by atoms with Gasteiger partial charge in [-0.1, -0.05) is 42.5 Å². The molecule has 118 valence electrons. The molecule has 0 spiro atoms. The molecule has 0 amide bonds. The number of hydrogen-bond donors (Lipinski definition) is 0. The quantitative estimate of drug-likeness (QED) is 0.566. The highest BCUT2D eigenvalue weighted by atomic mass is 15.5. The average molecular weight is 315 g/mol. The number of aromatic nitrogens is 5. The third kappa shape index (κ3) is 3.01. The van der Waals surface area contributed by atoms with Crippen molar-refractivity contribution in [1.29, 1.82) is 0 Å². The molecule has 2 aromatic heterocycles. The van der Waals surface area contributed by atoms with Crippen LogP contribution in [0.4, 0.5) is 0 Å². The molecule has 0 unspecified atom stereocenters. The number of hydrogen-bond acceptors (Lipinski definition) is 4. The zero-order valence-corrected chi connectivity index (χ0v) is 13.2. The summed E-state index contributed by atoms with van der Waals surface area (Å²) in [4.78, 5) is 4.72. The molecule has 0 saturated carbocycles. The predicted octanol–water partition coefficient (Wildman–Crippen LogP) is 3.39.